The van der Waals surface area contributed by atoms with Crippen molar-refractivity contribution in [2.45, 2.75) is 51.0 Å². The SMILES string of the molecule is NNC(=O)CCCCCN1CCCCC1C(N)=O. The number of hydrogen-bond acceptors (Lipinski definition) is 4. The Labute approximate surface area is 108 Å². The third-order valence-electron chi connectivity index (χ3n) is 3.45. The van der Waals surface area contributed by atoms with Crippen molar-refractivity contribution in [2.24, 2.45) is 11.6 Å². The fraction of sp³-hybridized carbons (Fsp3) is 0.833. The third-order valence-corrected chi connectivity index (χ3v) is 3.45. The van der Waals surface area contributed by atoms with Gasteiger partial charge >= 0.3 is 0 Å². The molecule has 104 valence electrons. The first-order valence-electron chi connectivity index (χ1n) is 6.68. The Morgan fingerprint density at radius 3 is 2.67 bits per heavy atom. The van der Waals surface area contributed by atoms with Crippen LogP contribution in [0.2, 0.25) is 0 Å². The van der Waals surface area contributed by atoms with Crippen molar-refractivity contribution in [3.8, 4) is 0 Å². The van der Waals surface area contributed by atoms with Gasteiger partial charge in [0.2, 0.25) is 11.8 Å². The topological polar surface area (TPSA) is 101 Å². The van der Waals surface area contributed by atoms with Crippen molar-refractivity contribution in [3.05, 3.63) is 0 Å². The van der Waals surface area contributed by atoms with Gasteiger partial charge in [-0.2, -0.15) is 0 Å². The molecule has 0 aromatic rings. The maximum atomic E-state index is 11.3. The second kappa shape index (κ2) is 8.05. The van der Waals surface area contributed by atoms with E-state index in [1.165, 1.54) is 0 Å². The van der Waals surface area contributed by atoms with E-state index in [0.29, 0.717) is 6.42 Å². The van der Waals surface area contributed by atoms with E-state index in [-0.39, 0.29) is 17.9 Å². The van der Waals surface area contributed by atoms with Crippen molar-refractivity contribution in [2.75, 3.05) is 13.1 Å². The first-order chi connectivity index (χ1) is 8.65. The van der Waals surface area contributed by atoms with Crippen LogP contribution in [0, 0.1) is 0 Å². The molecule has 1 atom stereocenters. The van der Waals surface area contributed by atoms with Crippen LogP contribution in [0.5, 0.6) is 0 Å². The second-order valence-corrected chi connectivity index (χ2v) is 4.83. The van der Waals surface area contributed by atoms with Crippen molar-refractivity contribution in [1.29, 1.82) is 0 Å². The van der Waals surface area contributed by atoms with Crippen LogP contribution in [-0.4, -0.2) is 35.8 Å². The molecule has 1 saturated heterocycles. The molecule has 1 rings (SSSR count). The molecule has 0 radical (unpaired) electrons. The number of piperidine rings is 1. The molecular formula is C12H24N4O2. The highest BCUT2D eigenvalue weighted by Gasteiger charge is 2.25. The fourth-order valence-corrected chi connectivity index (χ4v) is 2.43. The number of hydrazine groups is 1. The fourth-order valence-electron chi connectivity index (χ4n) is 2.43. The van der Waals surface area contributed by atoms with Crippen LogP contribution in [-0.2, 0) is 9.59 Å². The molecule has 0 spiro atoms. The minimum Gasteiger partial charge on any atom is -0.368 e. The highest BCUT2D eigenvalue weighted by molar-refractivity contribution is 5.79. The molecule has 1 aliphatic heterocycles. The molecule has 0 aliphatic carbocycles. The molecule has 1 aliphatic rings. The zero-order valence-electron chi connectivity index (χ0n) is 10.9. The minimum absolute atomic E-state index is 0.0916. The first kappa shape index (κ1) is 14.9. The van der Waals surface area contributed by atoms with Gasteiger partial charge in [-0.15, -0.1) is 0 Å². The molecule has 1 heterocycles. The summed E-state index contributed by atoms with van der Waals surface area (Å²) in [5.74, 6) is 4.66. The number of carbonyl (C=O) groups is 2. The Morgan fingerprint density at radius 1 is 1.22 bits per heavy atom. The lowest BCUT2D eigenvalue weighted by molar-refractivity contribution is -0.124. The molecule has 1 fully saturated rings. The number of nitrogens with zero attached hydrogens (tertiary/aromatic N) is 1. The van der Waals surface area contributed by atoms with Crippen molar-refractivity contribution < 1.29 is 9.59 Å². The van der Waals surface area contributed by atoms with Crippen LogP contribution in [0.15, 0.2) is 0 Å². The van der Waals surface area contributed by atoms with E-state index in [2.05, 4.69) is 10.3 Å². The first-order valence-corrected chi connectivity index (χ1v) is 6.68. The van der Waals surface area contributed by atoms with Crippen LogP contribution >= 0.6 is 0 Å². The van der Waals surface area contributed by atoms with E-state index < -0.39 is 0 Å². The van der Waals surface area contributed by atoms with E-state index in [1.54, 1.807) is 0 Å². The molecule has 6 nitrogen and oxygen atoms in total. The number of carbonyl (C=O) groups excluding carboxylic acids is 2. The largest absolute Gasteiger partial charge is 0.368 e. The van der Waals surface area contributed by atoms with Gasteiger partial charge in [-0.05, 0) is 38.8 Å². The Kier molecular flexibility index (Phi) is 6.67. The summed E-state index contributed by atoms with van der Waals surface area (Å²) >= 11 is 0. The summed E-state index contributed by atoms with van der Waals surface area (Å²) in [6.45, 7) is 1.84. The van der Waals surface area contributed by atoms with E-state index >= 15 is 0 Å². The summed E-state index contributed by atoms with van der Waals surface area (Å²) in [5, 5.41) is 0. The lowest BCUT2D eigenvalue weighted by Gasteiger charge is -2.33. The molecule has 0 aromatic carbocycles. The van der Waals surface area contributed by atoms with Gasteiger partial charge in [0.25, 0.3) is 0 Å². The molecule has 0 bridgehead atoms. The average molecular weight is 256 g/mol. The average Bonchev–Trinajstić information content (AvgIpc) is 2.38. The molecule has 0 aromatic heterocycles. The molecule has 6 heteroatoms. The summed E-state index contributed by atoms with van der Waals surface area (Å²) in [6.07, 6.45) is 6.36. The number of amides is 2. The number of unbranched alkanes of at least 4 members (excludes halogenated alkanes) is 2. The summed E-state index contributed by atoms with van der Waals surface area (Å²) < 4.78 is 0. The Bertz CT molecular complexity index is 283. The summed E-state index contributed by atoms with van der Waals surface area (Å²) in [5.41, 5.74) is 7.52. The van der Waals surface area contributed by atoms with Gasteiger partial charge in [0.15, 0.2) is 0 Å². The Hall–Kier alpha value is -1.14. The zero-order chi connectivity index (χ0) is 13.4. The maximum Gasteiger partial charge on any atom is 0.234 e. The van der Waals surface area contributed by atoms with Gasteiger partial charge in [0.1, 0.15) is 0 Å². The van der Waals surface area contributed by atoms with Crippen molar-refractivity contribution in [1.82, 2.24) is 10.3 Å². The van der Waals surface area contributed by atoms with E-state index in [4.69, 9.17) is 11.6 Å². The normalized spacial score (nSPS) is 20.6. The van der Waals surface area contributed by atoms with Crippen LogP contribution in [0.1, 0.15) is 44.9 Å². The zero-order valence-corrected chi connectivity index (χ0v) is 10.9. The van der Waals surface area contributed by atoms with Crippen LogP contribution in [0.3, 0.4) is 0 Å². The van der Waals surface area contributed by atoms with E-state index in [0.717, 1.165) is 51.6 Å². The smallest absolute Gasteiger partial charge is 0.234 e. The third kappa shape index (κ3) is 5.01. The molecule has 2 amide bonds. The number of hydrogen-bond donors (Lipinski definition) is 3. The Balaban J connectivity index is 2.16. The second-order valence-electron chi connectivity index (χ2n) is 4.83. The number of likely N-dealkylation sites (tertiary alicyclic amines) is 1. The highest BCUT2D eigenvalue weighted by Crippen LogP contribution is 2.17. The van der Waals surface area contributed by atoms with Crippen LogP contribution < -0.4 is 17.0 Å². The Morgan fingerprint density at radius 2 is 2.00 bits per heavy atom. The number of primary amides is 1. The van der Waals surface area contributed by atoms with Crippen LogP contribution in [0.4, 0.5) is 0 Å². The van der Waals surface area contributed by atoms with Crippen molar-refractivity contribution in [3.63, 3.8) is 0 Å². The lowest BCUT2D eigenvalue weighted by atomic mass is 10.0. The molecule has 18 heavy (non-hydrogen) atoms. The van der Waals surface area contributed by atoms with E-state index in [9.17, 15) is 9.59 Å². The quantitative estimate of drug-likeness (QED) is 0.256. The monoisotopic (exact) mass is 256 g/mol. The summed E-state index contributed by atoms with van der Waals surface area (Å²) in [6, 6.07) is -0.0916. The molecule has 1 unspecified atom stereocenters. The molecule has 5 N–H and O–H groups in total. The molecule has 0 saturated carbocycles. The number of nitrogens with one attached hydrogen (secondary N) is 1. The van der Waals surface area contributed by atoms with Gasteiger partial charge in [-0.1, -0.05) is 12.8 Å². The number of nitrogens with two attached hydrogens (primary N) is 2. The minimum atomic E-state index is -0.211. The van der Waals surface area contributed by atoms with Crippen molar-refractivity contribution >= 4 is 11.8 Å². The standard InChI is InChI=1S/C12H24N4O2/c13-12(18)10-6-3-5-9-16(10)8-4-1-2-7-11(17)15-14/h10H,1-9,14H2,(H2,13,18)(H,15,17). The van der Waals surface area contributed by atoms with E-state index in [1.807, 2.05) is 0 Å². The lowest BCUT2D eigenvalue weighted by Crippen LogP contribution is -2.47. The number of rotatable bonds is 7. The van der Waals surface area contributed by atoms with Gasteiger partial charge in [0.05, 0.1) is 6.04 Å². The van der Waals surface area contributed by atoms with Gasteiger partial charge < -0.3 is 5.73 Å². The van der Waals surface area contributed by atoms with Gasteiger partial charge in [-0.3, -0.25) is 19.9 Å². The van der Waals surface area contributed by atoms with Crippen LogP contribution in [0.25, 0.3) is 0 Å². The predicted octanol–water partition coefficient (Wildman–Crippen LogP) is -0.123. The molecular weight excluding hydrogens is 232 g/mol. The highest BCUT2D eigenvalue weighted by atomic mass is 16.2. The maximum absolute atomic E-state index is 11.3. The van der Waals surface area contributed by atoms with Gasteiger partial charge in [-0.25, -0.2) is 5.84 Å². The van der Waals surface area contributed by atoms with Gasteiger partial charge in [0, 0.05) is 6.42 Å². The predicted molar refractivity (Wildman–Crippen MR) is 69.2 cm³/mol. The summed E-state index contributed by atoms with van der Waals surface area (Å²) in [7, 11) is 0. The summed E-state index contributed by atoms with van der Waals surface area (Å²) in [4.78, 5) is 24.4.